The van der Waals surface area contributed by atoms with Crippen LogP contribution in [0.3, 0.4) is 0 Å². The van der Waals surface area contributed by atoms with Crippen LogP contribution in [0.25, 0.3) is 11.3 Å². The summed E-state index contributed by atoms with van der Waals surface area (Å²) in [6.07, 6.45) is 3.10. The minimum atomic E-state index is -0.459. The standard InChI is InChI=1S/C22H21N3O5/c1-28-18-7-6-17(10-19(18)29-2)25-12-15(9-21(25)26)22(27)24-16-5-3-4-14(8-16)20-11-23-13-30-20/h3-8,10-11,13,15H,9,12H2,1-2H3,(H,24,27)/t15-/m0/s1. The molecule has 2 aromatic carbocycles. The lowest BCUT2D eigenvalue weighted by molar-refractivity contribution is -0.122. The van der Waals surface area contributed by atoms with Crippen LogP contribution in [0.4, 0.5) is 11.4 Å². The van der Waals surface area contributed by atoms with Gasteiger partial charge in [-0.15, -0.1) is 0 Å². The number of rotatable bonds is 6. The number of ether oxygens (including phenoxy) is 2. The maximum atomic E-state index is 12.8. The topological polar surface area (TPSA) is 93.9 Å². The molecule has 0 bridgehead atoms. The third kappa shape index (κ3) is 3.84. The number of nitrogens with zero attached hydrogens (tertiary/aromatic N) is 2. The zero-order valence-corrected chi connectivity index (χ0v) is 16.6. The number of benzene rings is 2. The first-order valence-corrected chi connectivity index (χ1v) is 9.41. The van der Waals surface area contributed by atoms with E-state index in [-0.39, 0.29) is 18.2 Å². The molecular formula is C22H21N3O5. The van der Waals surface area contributed by atoms with Gasteiger partial charge >= 0.3 is 0 Å². The molecule has 1 aliphatic rings. The van der Waals surface area contributed by atoms with Crippen LogP contribution in [0.15, 0.2) is 59.5 Å². The molecule has 1 atom stereocenters. The highest BCUT2D eigenvalue weighted by atomic mass is 16.5. The molecule has 1 aliphatic heterocycles. The van der Waals surface area contributed by atoms with Crippen molar-refractivity contribution in [1.82, 2.24) is 4.98 Å². The largest absolute Gasteiger partial charge is 0.493 e. The van der Waals surface area contributed by atoms with Crippen molar-refractivity contribution in [2.45, 2.75) is 6.42 Å². The monoisotopic (exact) mass is 407 g/mol. The molecule has 0 saturated carbocycles. The molecule has 1 fully saturated rings. The summed E-state index contributed by atoms with van der Waals surface area (Å²) in [7, 11) is 3.09. The summed E-state index contributed by atoms with van der Waals surface area (Å²) < 4.78 is 15.8. The zero-order chi connectivity index (χ0) is 21.1. The van der Waals surface area contributed by atoms with Crippen LogP contribution < -0.4 is 19.7 Å². The molecule has 0 unspecified atom stereocenters. The minimum absolute atomic E-state index is 0.113. The van der Waals surface area contributed by atoms with Gasteiger partial charge in [0.25, 0.3) is 0 Å². The highest BCUT2D eigenvalue weighted by Crippen LogP contribution is 2.34. The maximum absolute atomic E-state index is 12.8. The summed E-state index contributed by atoms with van der Waals surface area (Å²) in [5.74, 6) is 0.939. The number of oxazole rings is 1. The third-order valence-electron chi connectivity index (χ3n) is 5.02. The quantitative estimate of drug-likeness (QED) is 0.674. The third-order valence-corrected chi connectivity index (χ3v) is 5.02. The van der Waals surface area contributed by atoms with E-state index in [1.165, 1.54) is 13.5 Å². The number of hydrogen-bond acceptors (Lipinski definition) is 6. The molecule has 0 aliphatic carbocycles. The zero-order valence-electron chi connectivity index (χ0n) is 16.6. The average molecular weight is 407 g/mol. The maximum Gasteiger partial charge on any atom is 0.229 e. The van der Waals surface area contributed by atoms with Gasteiger partial charge in [-0.2, -0.15) is 0 Å². The summed E-state index contributed by atoms with van der Waals surface area (Å²) in [6, 6.07) is 12.5. The van der Waals surface area contributed by atoms with Crippen molar-refractivity contribution in [1.29, 1.82) is 0 Å². The second-order valence-corrected chi connectivity index (χ2v) is 6.88. The first-order chi connectivity index (χ1) is 14.6. The lowest BCUT2D eigenvalue weighted by Crippen LogP contribution is -2.28. The number of carbonyl (C=O) groups excluding carboxylic acids is 2. The van der Waals surface area contributed by atoms with Crippen molar-refractivity contribution < 1.29 is 23.5 Å². The molecule has 0 spiro atoms. The smallest absolute Gasteiger partial charge is 0.229 e. The van der Waals surface area contributed by atoms with E-state index >= 15 is 0 Å². The summed E-state index contributed by atoms with van der Waals surface area (Å²) >= 11 is 0. The van der Waals surface area contributed by atoms with E-state index in [9.17, 15) is 9.59 Å². The van der Waals surface area contributed by atoms with E-state index < -0.39 is 5.92 Å². The Morgan fingerprint density at radius 3 is 2.73 bits per heavy atom. The number of hydrogen-bond donors (Lipinski definition) is 1. The van der Waals surface area contributed by atoms with Gasteiger partial charge < -0.3 is 24.1 Å². The van der Waals surface area contributed by atoms with Crippen LogP contribution in [0.1, 0.15) is 6.42 Å². The van der Waals surface area contributed by atoms with Crippen LogP contribution >= 0.6 is 0 Å². The molecule has 1 N–H and O–H groups in total. The minimum Gasteiger partial charge on any atom is -0.493 e. The highest BCUT2D eigenvalue weighted by Gasteiger charge is 2.35. The van der Waals surface area contributed by atoms with E-state index in [1.54, 1.807) is 48.5 Å². The van der Waals surface area contributed by atoms with Crippen LogP contribution in [-0.4, -0.2) is 37.6 Å². The normalized spacial score (nSPS) is 15.9. The molecule has 3 aromatic rings. The second kappa shape index (κ2) is 8.28. The van der Waals surface area contributed by atoms with Crippen LogP contribution in [0, 0.1) is 5.92 Å². The summed E-state index contributed by atoms with van der Waals surface area (Å²) in [5.41, 5.74) is 2.10. The van der Waals surface area contributed by atoms with Gasteiger partial charge in [-0.3, -0.25) is 9.59 Å². The molecular weight excluding hydrogens is 386 g/mol. The number of methoxy groups -OCH3 is 2. The van der Waals surface area contributed by atoms with Gasteiger partial charge in [-0.25, -0.2) is 4.98 Å². The van der Waals surface area contributed by atoms with E-state index in [0.717, 1.165) is 5.56 Å². The fraction of sp³-hybridized carbons (Fsp3) is 0.227. The average Bonchev–Trinajstić information content (AvgIpc) is 3.43. The van der Waals surface area contributed by atoms with Gasteiger partial charge in [0.05, 0.1) is 26.3 Å². The van der Waals surface area contributed by atoms with E-state index in [4.69, 9.17) is 13.9 Å². The van der Waals surface area contributed by atoms with Gasteiger partial charge in [0.15, 0.2) is 23.7 Å². The summed E-state index contributed by atoms with van der Waals surface area (Å²) in [4.78, 5) is 30.8. The Labute approximate surface area is 173 Å². The SMILES string of the molecule is COc1ccc(N2C[C@@H](C(=O)Nc3cccc(-c4cnco4)c3)CC2=O)cc1OC. The molecule has 30 heavy (non-hydrogen) atoms. The predicted molar refractivity (Wildman–Crippen MR) is 111 cm³/mol. The Balaban J connectivity index is 1.47. The first-order valence-electron chi connectivity index (χ1n) is 9.41. The highest BCUT2D eigenvalue weighted by molar-refractivity contribution is 6.03. The van der Waals surface area contributed by atoms with E-state index in [0.29, 0.717) is 35.2 Å². The lowest BCUT2D eigenvalue weighted by atomic mass is 10.1. The van der Waals surface area contributed by atoms with Crippen molar-refractivity contribution >= 4 is 23.2 Å². The number of anilines is 2. The van der Waals surface area contributed by atoms with Crippen molar-refractivity contribution in [3.8, 4) is 22.8 Å². The van der Waals surface area contributed by atoms with E-state index in [2.05, 4.69) is 10.3 Å². The summed E-state index contributed by atoms with van der Waals surface area (Å²) in [6.45, 7) is 0.294. The molecule has 8 nitrogen and oxygen atoms in total. The van der Waals surface area contributed by atoms with E-state index in [1.807, 2.05) is 12.1 Å². The number of aromatic nitrogens is 1. The van der Waals surface area contributed by atoms with Gasteiger partial charge in [-0.05, 0) is 24.3 Å². The molecule has 1 saturated heterocycles. The van der Waals surface area contributed by atoms with Crippen molar-refractivity contribution in [2.75, 3.05) is 31.0 Å². The Kier molecular flexibility index (Phi) is 5.38. The van der Waals surface area contributed by atoms with Crippen molar-refractivity contribution in [3.05, 3.63) is 55.1 Å². The summed E-state index contributed by atoms with van der Waals surface area (Å²) in [5, 5.41) is 2.89. The molecule has 2 amide bonds. The molecule has 1 aromatic heterocycles. The fourth-order valence-corrected chi connectivity index (χ4v) is 3.48. The lowest BCUT2D eigenvalue weighted by Gasteiger charge is -2.18. The van der Waals surface area contributed by atoms with Crippen molar-refractivity contribution in [3.63, 3.8) is 0 Å². The second-order valence-electron chi connectivity index (χ2n) is 6.88. The number of nitrogens with one attached hydrogen (secondary N) is 1. The Morgan fingerprint density at radius 1 is 1.17 bits per heavy atom. The first kappa shape index (κ1) is 19.5. The molecule has 8 heteroatoms. The van der Waals surface area contributed by atoms with Gasteiger partial charge in [0, 0.05) is 36.0 Å². The van der Waals surface area contributed by atoms with Gasteiger partial charge in [0.1, 0.15) is 0 Å². The van der Waals surface area contributed by atoms with Crippen molar-refractivity contribution in [2.24, 2.45) is 5.92 Å². The van der Waals surface area contributed by atoms with Gasteiger partial charge in [-0.1, -0.05) is 12.1 Å². The predicted octanol–water partition coefficient (Wildman–Crippen LogP) is 3.35. The number of amides is 2. The Bertz CT molecular complexity index is 1060. The van der Waals surface area contributed by atoms with Gasteiger partial charge in [0.2, 0.25) is 11.8 Å². The molecule has 0 radical (unpaired) electrons. The Morgan fingerprint density at radius 2 is 2.00 bits per heavy atom. The molecule has 154 valence electrons. The van der Waals surface area contributed by atoms with Crippen LogP contribution in [0.2, 0.25) is 0 Å². The van der Waals surface area contributed by atoms with Crippen LogP contribution in [-0.2, 0) is 9.59 Å². The Hall–Kier alpha value is -3.81. The number of carbonyl (C=O) groups is 2. The molecule has 2 heterocycles. The fourth-order valence-electron chi connectivity index (χ4n) is 3.48. The molecule has 4 rings (SSSR count). The van der Waals surface area contributed by atoms with Crippen LogP contribution in [0.5, 0.6) is 11.5 Å².